The summed E-state index contributed by atoms with van der Waals surface area (Å²) in [5.41, 5.74) is 3.16. The summed E-state index contributed by atoms with van der Waals surface area (Å²) in [7, 11) is 0. The van der Waals surface area contributed by atoms with E-state index in [0.717, 1.165) is 56.3 Å². The number of fused-ring (bicyclic) bond motifs is 1. The molecule has 1 heterocycles. The van der Waals surface area contributed by atoms with Gasteiger partial charge in [0, 0.05) is 0 Å². The van der Waals surface area contributed by atoms with Gasteiger partial charge in [0.1, 0.15) is 11.9 Å². The van der Waals surface area contributed by atoms with Crippen LogP contribution in [0.2, 0.25) is 0 Å². The van der Waals surface area contributed by atoms with Crippen molar-refractivity contribution in [2.24, 2.45) is 5.92 Å². The standard InChI is InChI=1S/C24H27F3O/c1-2-16-3-13-23-20(15-16)10-14-22(28-23)19-6-4-17(5-7-19)18-8-11-21(12-9-18)24(25,26)27/h3,8-9,11-13,15,17,19,22H,2,4-7,10,14H2,1H3. The van der Waals surface area contributed by atoms with Gasteiger partial charge in [-0.2, -0.15) is 13.2 Å². The van der Waals surface area contributed by atoms with Crippen LogP contribution in [0.4, 0.5) is 13.2 Å². The minimum absolute atomic E-state index is 0.272. The van der Waals surface area contributed by atoms with Crippen molar-refractivity contribution < 1.29 is 17.9 Å². The Kier molecular flexibility index (Phi) is 5.39. The minimum Gasteiger partial charge on any atom is -0.490 e. The van der Waals surface area contributed by atoms with E-state index in [1.807, 2.05) is 0 Å². The number of alkyl halides is 3. The molecule has 2 aromatic carbocycles. The van der Waals surface area contributed by atoms with Crippen LogP contribution in [-0.2, 0) is 19.0 Å². The molecule has 0 bridgehead atoms. The first-order valence-corrected chi connectivity index (χ1v) is 10.4. The Morgan fingerprint density at radius 2 is 1.64 bits per heavy atom. The molecule has 0 saturated heterocycles. The van der Waals surface area contributed by atoms with E-state index in [4.69, 9.17) is 4.74 Å². The summed E-state index contributed by atoms with van der Waals surface area (Å²) in [4.78, 5) is 0. The Balaban J connectivity index is 1.35. The van der Waals surface area contributed by atoms with Gasteiger partial charge in [0.15, 0.2) is 0 Å². The second kappa shape index (κ2) is 7.81. The molecule has 150 valence electrons. The van der Waals surface area contributed by atoms with Gasteiger partial charge in [0.2, 0.25) is 0 Å². The number of halogens is 3. The third kappa shape index (κ3) is 4.06. The maximum Gasteiger partial charge on any atom is 0.416 e. The Labute approximate surface area is 164 Å². The van der Waals surface area contributed by atoms with E-state index in [-0.39, 0.29) is 6.10 Å². The van der Waals surface area contributed by atoms with E-state index in [1.165, 1.54) is 23.3 Å². The van der Waals surface area contributed by atoms with Crippen LogP contribution in [0.1, 0.15) is 67.2 Å². The molecule has 1 fully saturated rings. The Morgan fingerprint density at radius 1 is 0.929 bits per heavy atom. The Hall–Kier alpha value is -1.97. The van der Waals surface area contributed by atoms with Crippen molar-refractivity contribution in [2.75, 3.05) is 0 Å². The zero-order valence-corrected chi connectivity index (χ0v) is 16.3. The molecule has 1 nitrogen and oxygen atoms in total. The molecular weight excluding hydrogens is 361 g/mol. The zero-order valence-electron chi connectivity index (χ0n) is 16.3. The molecule has 1 aliphatic carbocycles. The molecule has 0 spiro atoms. The van der Waals surface area contributed by atoms with Crippen LogP contribution in [0.3, 0.4) is 0 Å². The summed E-state index contributed by atoms with van der Waals surface area (Å²) in [5.74, 6) is 1.95. The normalized spacial score (nSPS) is 25.1. The van der Waals surface area contributed by atoms with Crippen LogP contribution in [0, 0.1) is 5.92 Å². The topological polar surface area (TPSA) is 9.23 Å². The van der Waals surface area contributed by atoms with Gasteiger partial charge in [-0.1, -0.05) is 31.2 Å². The first kappa shape index (κ1) is 19.4. The van der Waals surface area contributed by atoms with Crippen LogP contribution < -0.4 is 4.74 Å². The number of hydrogen-bond donors (Lipinski definition) is 0. The van der Waals surface area contributed by atoms with Gasteiger partial charge in [0.05, 0.1) is 5.56 Å². The second-order valence-electron chi connectivity index (χ2n) is 8.22. The van der Waals surface area contributed by atoms with E-state index in [0.29, 0.717) is 11.8 Å². The molecule has 1 unspecified atom stereocenters. The fourth-order valence-corrected chi connectivity index (χ4v) is 4.78. The molecule has 1 saturated carbocycles. The molecular formula is C24H27F3O. The zero-order chi connectivity index (χ0) is 19.7. The van der Waals surface area contributed by atoms with Crippen molar-refractivity contribution in [3.8, 4) is 5.75 Å². The molecule has 0 radical (unpaired) electrons. The largest absolute Gasteiger partial charge is 0.490 e. The van der Waals surface area contributed by atoms with Gasteiger partial charge < -0.3 is 4.74 Å². The molecule has 0 aromatic heterocycles. The summed E-state index contributed by atoms with van der Waals surface area (Å²) in [5, 5.41) is 0. The minimum atomic E-state index is -4.26. The first-order chi connectivity index (χ1) is 13.4. The molecule has 2 aliphatic rings. The first-order valence-electron chi connectivity index (χ1n) is 10.4. The van der Waals surface area contributed by atoms with Gasteiger partial charge in [-0.15, -0.1) is 0 Å². The van der Waals surface area contributed by atoms with Gasteiger partial charge in [-0.3, -0.25) is 0 Å². The smallest absolute Gasteiger partial charge is 0.416 e. The maximum atomic E-state index is 12.8. The summed E-state index contributed by atoms with van der Waals surface area (Å²) < 4.78 is 44.6. The molecule has 0 N–H and O–H groups in total. The third-order valence-corrected chi connectivity index (χ3v) is 6.52. The fraction of sp³-hybridized carbons (Fsp3) is 0.500. The van der Waals surface area contributed by atoms with Crippen LogP contribution in [0.15, 0.2) is 42.5 Å². The maximum absolute atomic E-state index is 12.8. The highest BCUT2D eigenvalue weighted by molar-refractivity contribution is 5.39. The predicted octanol–water partition coefficient (Wildman–Crippen LogP) is 6.94. The average molecular weight is 388 g/mol. The van der Waals surface area contributed by atoms with Gasteiger partial charge >= 0.3 is 6.18 Å². The average Bonchev–Trinajstić information content (AvgIpc) is 2.72. The highest BCUT2D eigenvalue weighted by atomic mass is 19.4. The number of benzene rings is 2. The summed E-state index contributed by atoms with van der Waals surface area (Å²) >= 11 is 0. The molecule has 1 atom stereocenters. The van der Waals surface area contributed by atoms with Gasteiger partial charge in [-0.05, 0) is 91.7 Å². The van der Waals surface area contributed by atoms with Crippen LogP contribution in [0.5, 0.6) is 5.75 Å². The van der Waals surface area contributed by atoms with E-state index >= 15 is 0 Å². The summed E-state index contributed by atoms with van der Waals surface area (Å²) in [6, 6.07) is 12.3. The number of hydrogen-bond acceptors (Lipinski definition) is 1. The lowest BCUT2D eigenvalue weighted by atomic mass is 9.75. The predicted molar refractivity (Wildman–Crippen MR) is 105 cm³/mol. The van der Waals surface area contributed by atoms with Crippen molar-refractivity contribution >= 4 is 0 Å². The molecule has 28 heavy (non-hydrogen) atoms. The molecule has 0 amide bonds. The second-order valence-corrected chi connectivity index (χ2v) is 8.22. The van der Waals surface area contributed by atoms with Gasteiger partial charge in [0.25, 0.3) is 0 Å². The highest BCUT2D eigenvalue weighted by Gasteiger charge is 2.33. The Bertz CT molecular complexity index is 802. The van der Waals surface area contributed by atoms with Crippen LogP contribution in [-0.4, -0.2) is 6.10 Å². The molecule has 4 heteroatoms. The molecule has 2 aromatic rings. The number of rotatable bonds is 3. The van der Waals surface area contributed by atoms with Crippen LogP contribution in [0.25, 0.3) is 0 Å². The monoisotopic (exact) mass is 388 g/mol. The van der Waals surface area contributed by atoms with Crippen molar-refractivity contribution in [3.05, 3.63) is 64.7 Å². The van der Waals surface area contributed by atoms with E-state index in [1.54, 1.807) is 12.1 Å². The summed E-state index contributed by atoms with van der Waals surface area (Å²) in [6.07, 6.45) is 3.41. The van der Waals surface area contributed by atoms with Gasteiger partial charge in [-0.25, -0.2) is 0 Å². The van der Waals surface area contributed by atoms with E-state index in [2.05, 4.69) is 25.1 Å². The van der Waals surface area contributed by atoms with E-state index < -0.39 is 11.7 Å². The van der Waals surface area contributed by atoms with Crippen molar-refractivity contribution in [2.45, 2.75) is 70.1 Å². The van der Waals surface area contributed by atoms with Crippen LogP contribution >= 0.6 is 0 Å². The highest BCUT2D eigenvalue weighted by Crippen LogP contribution is 2.41. The lowest BCUT2D eigenvalue weighted by Crippen LogP contribution is -2.33. The van der Waals surface area contributed by atoms with Crippen molar-refractivity contribution in [1.29, 1.82) is 0 Å². The Morgan fingerprint density at radius 3 is 2.29 bits per heavy atom. The van der Waals surface area contributed by atoms with Crippen molar-refractivity contribution in [3.63, 3.8) is 0 Å². The number of ether oxygens (including phenoxy) is 1. The van der Waals surface area contributed by atoms with Crippen molar-refractivity contribution in [1.82, 2.24) is 0 Å². The lowest BCUT2D eigenvalue weighted by molar-refractivity contribution is -0.137. The fourth-order valence-electron chi connectivity index (χ4n) is 4.78. The third-order valence-electron chi connectivity index (χ3n) is 6.52. The number of aryl methyl sites for hydroxylation is 2. The molecule has 4 rings (SSSR count). The summed E-state index contributed by atoms with van der Waals surface area (Å²) in [6.45, 7) is 2.17. The SMILES string of the molecule is CCc1ccc2c(c1)CCC(C1CCC(c3ccc(C(F)(F)F)cc3)CC1)O2. The molecule has 1 aliphatic heterocycles. The van der Waals surface area contributed by atoms with E-state index in [9.17, 15) is 13.2 Å². The lowest BCUT2D eigenvalue weighted by Gasteiger charge is -2.37. The quantitative estimate of drug-likeness (QED) is 0.554.